The van der Waals surface area contributed by atoms with Crippen molar-refractivity contribution in [2.45, 2.75) is 0 Å². The zero-order valence-corrected chi connectivity index (χ0v) is 19.9. The average Bonchev–Trinajstić information content (AvgIpc) is 3.24. The van der Waals surface area contributed by atoms with Crippen molar-refractivity contribution in [1.82, 2.24) is 14.4 Å². The van der Waals surface area contributed by atoms with Crippen LogP contribution in [0.3, 0.4) is 0 Å². The number of carbonyl (C=O) groups excluding carboxylic acids is 2. The van der Waals surface area contributed by atoms with Crippen LogP contribution >= 0.6 is 0 Å². The predicted molar refractivity (Wildman–Crippen MR) is 133 cm³/mol. The van der Waals surface area contributed by atoms with Gasteiger partial charge in [-0.15, -0.1) is 0 Å². The van der Waals surface area contributed by atoms with Crippen molar-refractivity contribution in [2.75, 3.05) is 34.3 Å². The van der Waals surface area contributed by atoms with E-state index in [-0.39, 0.29) is 11.3 Å². The highest BCUT2D eigenvalue weighted by Crippen LogP contribution is 2.44. The number of imide groups is 1. The van der Waals surface area contributed by atoms with Gasteiger partial charge in [0.05, 0.1) is 21.6 Å². The summed E-state index contributed by atoms with van der Waals surface area (Å²) in [6.07, 6.45) is 0. The maximum Gasteiger partial charge on any atom is 0.270 e. The number of fused-ring (bicyclic) bond motifs is 5. The van der Waals surface area contributed by atoms with Crippen molar-refractivity contribution >= 4 is 39.3 Å². The molecule has 0 saturated carbocycles. The molecule has 0 fully saturated rings. The number of nitro benzene ring substituents is 1. The Morgan fingerprint density at radius 1 is 0.943 bits per heavy atom. The highest BCUT2D eigenvalue weighted by atomic mass is 16.6. The van der Waals surface area contributed by atoms with Crippen molar-refractivity contribution in [3.63, 3.8) is 0 Å². The van der Waals surface area contributed by atoms with Gasteiger partial charge in [-0.3, -0.25) is 24.6 Å². The third kappa shape index (κ3) is 3.43. The van der Waals surface area contributed by atoms with Gasteiger partial charge in [-0.05, 0) is 32.3 Å². The molecule has 9 nitrogen and oxygen atoms in total. The number of non-ortho nitro benzene ring substituents is 1. The summed E-state index contributed by atoms with van der Waals surface area (Å²) in [5, 5.41) is 13.2. The summed E-state index contributed by atoms with van der Waals surface area (Å²) < 4.78 is 7.97. The van der Waals surface area contributed by atoms with Crippen LogP contribution in [0.2, 0.25) is 0 Å². The first-order valence-corrected chi connectivity index (χ1v) is 11.1. The Hall–Kier alpha value is -4.24. The van der Waals surface area contributed by atoms with Crippen molar-refractivity contribution in [3.8, 4) is 16.9 Å². The van der Waals surface area contributed by atoms with E-state index in [1.165, 1.54) is 19.2 Å². The molecule has 0 N–H and O–H groups in total. The molecule has 5 rings (SSSR count). The molecule has 2 heterocycles. The molecule has 1 aliphatic rings. The number of carbonyl (C=O) groups is 2. The maximum atomic E-state index is 13.3. The Morgan fingerprint density at radius 3 is 2.37 bits per heavy atom. The Labute approximate surface area is 201 Å². The van der Waals surface area contributed by atoms with Crippen LogP contribution in [-0.4, -0.2) is 65.4 Å². The van der Waals surface area contributed by atoms with E-state index in [0.717, 1.165) is 21.3 Å². The number of para-hydroxylation sites is 1. The molecule has 0 saturated heterocycles. The second-order valence-corrected chi connectivity index (χ2v) is 8.90. The minimum absolute atomic E-state index is 0.129. The molecule has 35 heavy (non-hydrogen) atoms. The summed E-state index contributed by atoms with van der Waals surface area (Å²) in [5.41, 5.74) is 2.92. The van der Waals surface area contributed by atoms with Crippen LogP contribution < -0.4 is 4.74 Å². The summed E-state index contributed by atoms with van der Waals surface area (Å²) in [6, 6.07) is 13.9. The maximum absolute atomic E-state index is 13.3. The second kappa shape index (κ2) is 8.21. The molecule has 9 heteroatoms. The van der Waals surface area contributed by atoms with Gasteiger partial charge in [0.1, 0.15) is 12.4 Å². The Balaban J connectivity index is 1.86. The predicted octanol–water partition coefficient (Wildman–Crippen LogP) is 4.07. The van der Waals surface area contributed by atoms with E-state index in [1.54, 1.807) is 6.07 Å². The first-order valence-electron chi connectivity index (χ1n) is 11.1. The van der Waals surface area contributed by atoms with E-state index in [1.807, 2.05) is 60.9 Å². The molecule has 0 bridgehead atoms. The normalized spacial score (nSPS) is 13.3. The molecular weight excluding hydrogens is 448 g/mol. The van der Waals surface area contributed by atoms with Gasteiger partial charge in [0.2, 0.25) is 0 Å². The van der Waals surface area contributed by atoms with Crippen LogP contribution in [0.1, 0.15) is 20.7 Å². The smallest absolute Gasteiger partial charge is 0.270 e. The minimum Gasteiger partial charge on any atom is -0.492 e. The Morgan fingerprint density at radius 2 is 1.66 bits per heavy atom. The van der Waals surface area contributed by atoms with E-state index in [9.17, 15) is 19.7 Å². The fourth-order valence-corrected chi connectivity index (χ4v) is 4.70. The number of amides is 2. The monoisotopic (exact) mass is 472 g/mol. The summed E-state index contributed by atoms with van der Waals surface area (Å²) in [4.78, 5) is 40.8. The van der Waals surface area contributed by atoms with Crippen LogP contribution in [0, 0.1) is 10.1 Å². The summed E-state index contributed by atoms with van der Waals surface area (Å²) in [6.45, 7) is 0.986. The van der Waals surface area contributed by atoms with Gasteiger partial charge in [-0.25, -0.2) is 0 Å². The van der Waals surface area contributed by atoms with Gasteiger partial charge in [-0.1, -0.05) is 18.2 Å². The first kappa shape index (κ1) is 22.5. The number of aryl methyl sites for hydroxylation is 1. The van der Waals surface area contributed by atoms with Crippen molar-refractivity contribution < 1.29 is 19.2 Å². The second-order valence-electron chi connectivity index (χ2n) is 8.90. The zero-order chi connectivity index (χ0) is 25.0. The highest BCUT2D eigenvalue weighted by Gasteiger charge is 2.39. The fraction of sp³-hybridized carbons (Fsp3) is 0.231. The number of hydrogen-bond acceptors (Lipinski definition) is 6. The Bertz CT molecular complexity index is 1550. The molecular formula is C26H24N4O5. The summed E-state index contributed by atoms with van der Waals surface area (Å²) >= 11 is 0. The summed E-state index contributed by atoms with van der Waals surface area (Å²) in [5.74, 6) is -0.429. The molecule has 1 aromatic heterocycles. The third-order valence-corrected chi connectivity index (χ3v) is 6.50. The van der Waals surface area contributed by atoms with E-state index >= 15 is 0 Å². The first-order chi connectivity index (χ1) is 16.7. The molecule has 178 valence electrons. The lowest BCUT2D eigenvalue weighted by atomic mass is 9.92. The lowest BCUT2D eigenvalue weighted by Gasteiger charge is -2.16. The van der Waals surface area contributed by atoms with Crippen molar-refractivity contribution in [3.05, 3.63) is 69.8 Å². The van der Waals surface area contributed by atoms with Crippen LogP contribution in [0.4, 0.5) is 5.69 Å². The number of benzene rings is 3. The van der Waals surface area contributed by atoms with E-state index in [0.29, 0.717) is 41.0 Å². The molecule has 3 aromatic carbocycles. The molecule has 1 aliphatic heterocycles. The van der Waals surface area contributed by atoms with E-state index in [4.69, 9.17) is 4.74 Å². The molecule has 4 aromatic rings. The van der Waals surface area contributed by atoms with Gasteiger partial charge in [0.15, 0.2) is 0 Å². The van der Waals surface area contributed by atoms with Gasteiger partial charge >= 0.3 is 0 Å². The Kier molecular flexibility index (Phi) is 5.29. The summed E-state index contributed by atoms with van der Waals surface area (Å²) in [7, 11) is 7.18. The van der Waals surface area contributed by atoms with Crippen LogP contribution in [0.25, 0.3) is 32.9 Å². The highest BCUT2D eigenvalue weighted by molar-refractivity contribution is 6.32. The van der Waals surface area contributed by atoms with Gasteiger partial charge in [0.25, 0.3) is 17.5 Å². The quantitative estimate of drug-likeness (QED) is 0.238. The van der Waals surface area contributed by atoms with Gasteiger partial charge in [-0.2, -0.15) is 0 Å². The fourth-order valence-electron chi connectivity index (χ4n) is 4.70. The number of nitrogens with zero attached hydrogens (tertiary/aromatic N) is 4. The number of aromatic nitrogens is 1. The molecule has 0 radical (unpaired) electrons. The van der Waals surface area contributed by atoms with Crippen molar-refractivity contribution in [2.24, 2.45) is 7.05 Å². The average molecular weight is 473 g/mol. The topological polar surface area (TPSA) is 97.9 Å². The minimum atomic E-state index is -0.484. The van der Waals surface area contributed by atoms with Crippen LogP contribution in [0.15, 0.2) is 48.5 Å². The van der Waals surface area contributed by atoms with E-state index in [2.05, 4.69) is 0 Å². The number of ether oxygens (including phenoxy) is 1. The zero-order valence-electron chi connectivity index (χ0n) is 19.9. The molecule has 0 spiro atoms. The number of hydrogen-bond donors (Lipinski definition) is 0. The van der Waals surface area contributed by atoms with Gasteiger partial charge in [0, 0.05) is 60.2 Å². The SMILES string of the molecule is CN(C)CCOc1ccc([N+](=O)[O-])cc1-c1cc2c(c3c1C(=O)N(C)C3=O)c1ccccc1n2C. The number of nitro groups is 1. The van der Waals surface area contributed by atoms with Crippen LogP contribution in [0.5, 0.6) is 5.75 Å². The van der Waals surface area contributed by atoms with Crippen molar-refractivity contribution in [1.29, 1.82) is 0 Å². The molecule has 0 aliphatic carbocycles. The lowest BCUT2D eigenvalue weighted by Crippen LogP contribution is -2.24. The third-order valence-electron chi connectivity index (χ3n) is 6.50. The standard InChI is InChI=1S/C26H24N4O5/c1-27(2)11-12-35-21-10-9-15(30(33)34)13-17(21)18-14-20-22(16-7-5-6-8-19(16)28(20)3)24-23(18)25(31)29(4)26(24)32/h5-10,13-14H,11-12H2,1-4H3. The number of likely N-dealkylation sites (N-methyl/N-ethyl adjacent to an activating group) is 1. The number of rotatable bonds is 6. The largest absolute Gasteiger partial charge is 0.492 e. The van der Waals surface area contributed by atoms with E-state index < -0.39 is 16.7 Å². The molecule has 0 atom stereocenters. The van der Waals surface area contributed by atoms with Crippen LogP contribution in [-0.2, 0) is 7.05 Å². The molecule has 2 amide bonds. The van der Waals surface area contributed by atoms with Gasteiger partial charge < -0.3 is 14.2 Å². The molecule has 0 unspecified atom stereocenters. The lowest BCUT2D eigenvalue weighted by molar-refractivity contribution is -0.384.